The molecule has 0 saturated carbocycles. The van der Waals surface area contributed by atoms with Crippen LogP contribution in [0.3, 0.4) is 0 Å². The number of benzene rings is 2. The van der Waals surface area contributed by atoms with Crippen LogP contribution in [0.2, 0.25) is 0 Å². The van der Waals surface area contributed by atoms with Gasteiger partial charge in [0.05, 0.1) is 47.6 Å². The van der Waals surface area contributed by atoms with E-state index in [4.69, 9.17) is 9.47 Å². The van der Waals surface area contributed by atoms with Gasteiger partial charge in [-0.25, -0.2) is 4.79 Å². The molecular formula is C26H27N3O4S. The number of esters is 1. The number of ether oxygens (including phenoxy) is 2. The van der Waals surface area contributed by atoms with E-state index in [0.717, 1.165) is 5.56 Å². The van der Waals surface area contributed by atoms with E-state index < -0.39 is 11.9 Å². The molecule has 2 N–H and O–H groups in total. The standard InChI is InChI=1S/C26H27N3O4S/c1-4-33-21-13-9-8-12-19(21)24-20(14-27)25(29-17(2)23(24)26(31)32-3)34-16-22(30)28-15-18-10-6-5-7-11-18/h5-13,24,29H,4,15-16H2,1-3H3,(H,28,30)/t24-/m0/s1. The molecule has 7 nitrogen and oxygen atoms in total. The molecule has 1 amide bonds. The summed E-state index contributed by atoms with van der Waals surface area (Å²) in [6.07, 6.45) is 0. The quantitative estimate of drug-likeness (QED) is 0.527. The van der Waals surface area contributed by atoms with Crippen molar-refractivity contribution in [2.45, 2.75) is 26.3 Å². The number of thioether (sulfide) groups is 1. The van der Waals surface area contributed by atoms with E-state index in [9.17, 15) is 14.9 Å². The van der Waals surface area contributed by atoms with E-state index in [1.165, 1.54) is 18.9 Å². The van der Waals surface area contributed by atoms with Gasteiger partial charge in [-0.15, -0.1) is 0 Å². The third-order valence-corrected chi connectivity index (χ3v) is 6.28. The highest BCUT2D eigenvalue weighted by molar-refractivity contribution is 8.03. The first-order chi connectivity index (χ1) is 16.5. The van der Waals surface area contributed by atoms with Crippen LogP contribution in [0.15, 0.2) is 76.5 Å². The normalized spacial score (nSPS) is 15.3. The molecule has 1 aliphatic heterocycles. The summed E-state index contributed by atoms with van der Waals surface area (Å²) < 4.78 is 10.8. The van der Waals surface area contributed by atoms with Gasteiger partial charge in [0, 0.05) is 17.8 Å². The molecular weight excluding hydrogens is 450 g/mol. The van der Waals surface area contributed by atoms with Gasteiger partial charge in [-0.05, 0) is 25.5 Å². The van der Waals surface area contributed by atoms with Gasteiger partial charge in [0.1, 0.15) is 5.75 Å². The van der Waals surface area contributed by atoms with E-state index >= 15 is 0 Å². The van der Waals surface area contributed by atoms with Crippen LogP contribution in [0.1, 0.15) is 30.9 Å². The summed E-state index contributed by atoms with van der Waals surface area (Å²) in [4.78, 5) is 25.2. The molecule has 0 fully saturated rings. The number of rotatable bonds is 9. The summed E-state index contributed by atoms with van der Waals surface area (Å²) in [7, 11) is 1.31. The Kier molecular flexibility index (Phi) is 8.77. The second-order valence-corrected chi connectivity index (χ2v) is 8.45. The Hall–Kier alpha value is -3.70. The van der Waals surface area contributed by atoms with Crippen molar-refractivity contribution in [1.29, 1.82) is 5.26 Å². The number of nitrogens with zero attached hydrogens (tertiary/aromatic N) is 1. The van der Waals surface area contributed by atoms with Gasteiger partial charge in [0.25, 0.3) is 0 Å². The van der Waals surface area contributed by atoms with Gasteiger partial charge in [0.15, 0.2) is 0 Å². The molecule has 1 aliphatic rings. The number of methoxy groups -OCH3 is 1. The zero-order valence-corrected chi connectivity index (χ0v) is 20.2. The van der Waals surface area contributed by atoms with E-state index in [-0.39, 0.29) is 11.7 Å². The minimum absolute atomic E-state index is 0.112. The number of nitriles is 1. The zero-order chi connectivity index (χ0) is 24.5. The van der Waals surface area contributed by atoms with E-state index in [2.05, 4.69) is 16.7 Å². The van der Waals surface area contributed by atoms with Crippen molar-refractivity contribution >= 4 is 23.6 Å². The Morgan fingerprint density at radius 1 is 1.15 bits per heavy atom. The highest BCUT2D eigenvalue weighted by Crippen LogP contribution is 2.43. The van der Waals surface area contributed by atoms with Gasteiger partial charge in [-0.2, -0.15) is 5.26 Å². The molecule has 2 aromatic carbocycles. The lowest BCUT2D eigenvalue weighted by Gasteiger charge is -2.30. The third-order valence-electron chi connectivity index (χ3n) is 5.26. The first-order valence-electron chi connectivity index (χ1n) is 10.9. The molecule has 0 saturated heterocycles. The SMILES string of the molecule is CCOc1ccccc1[C@H]1C(C#N)=C(SCC(=O)NCc2ccccc2)NC(C)=C1C(=O)OC. The molecule has 0 spiro atoms. The van der Waals surface area contributed by atoms with Crippen molar-refractivity contribution in [3.8, 4) is 11.8 Å². The van der Waals surface area contributed by atoms with Crippen molar-refractivity contribution < 1.29 is 19.1 Å². The van der Waals surface area contributed by atoms with Crippen LogP contribution in [-0.2, 0) is 20.9 Å². The third kappa shape index (κ3) is 5.80. The summed E-state index contributed by atoms with van der Waals surface area (Å²) in [5.41, 5.74) is 2.92. The second-order valence-electron chi connectivity index (χ2n) is 7.46. The average Bonchev–Trinajstić information content (AvgIpc) is 2.86. The predicted octanol–water partition coefficient (Wildman–Crippen LogP) is 4.00. The predicted molar refractivity (Wildman–Crippen MR) is 132 cm³/mol. The average molecular weight is 478 g/mol. The smallest absolute Gasteiger partial charge is 0.336 e. The van der Waals surface area contributed by atoms with Crippen LogP contribution in [-0.4, -0.2) is 31.3 Å². The van der Waals surface area contributed by atoms with Crippen LogP contribution < -0.4 is 15.4 Å². The van der Waals surface area contributed by atoms with Crippen molar-refractivity contribution in [3.63, 3.8) is 0 Å². The highest BCUT2D eigenvalue weighted by atomic mass is 32.2. The maximum atomic E-state index is 12.7. The van der Waals surface area contributed by atoms with Crippen LogP contribution in [0.25, 0.3) is 0 Å². The lowest BCUT2D eigenvalue weighted by Crippen LogP contribution is -2.30. The Labute approximate surface area is 203 Å². The summed E-state index contributed by atoms with van der Waals surface area (Å²) >= 11 is 1.22. The summed E-state index contributed by atoms with van der Waals surface area (Å²) in [6, 6.07) is 19.2. The number of carbonyl (C=O) groups excluding carboxylic acids is 2. The lowest BCUT2D eigenvalue weighted by atomic mass is 9.82. The van der Waals surface area contributed by atoms with Gasteiger partial charge in [-0.1, -0.05) is 60.3 Å². The number of nitrogens with one attached hydrogen (secondary N) is 2. The molecule has 0 radical (unpaired) electrons. The van der Waals surface area contributed by atoms with Crippen LogP contribution in [0.5, 0.6) is 5.75 Å². The molecule has 2 aromatic rings. The zero-order valence-electron chi connectivity index (χ0n) is 19.4. The minimum Gasteiger partial charge on any atom is -0.494 e. The largest absolute Gasteiger partial charge is 0.494 e. The Balaban J connectivity index is 1.89. The van der Waals surface area contributed by atoms with Crippen LogP contribution >= 0.6 is 11.8 Å². The monoisotopic (exact) mass is 477 g/mol. The molecule has 0 aromatic heterocycles. The summed E-state index contributed by atoms with van der Waals surface area (Å²) in [5.74, 6) is -0.674. The van der Waals surface area contributed by atoms with Gasteiger partial charge < -0.3 is 20.1 Å². The first-order valence-corrected chi connectivity index (χ1v) is 11.8. The van der Waals surface area contributed by atoms with E-state index in [1.807, 2.05) is 61.5 Å². The minimum atomic E-state index is -0.684. The fourth-order valence-corrected chi connectivity index (χ4v) is 4.63. The molecule has 0 unspecified atom stereocenters. The number of para-hydroxylation sites is 1. The molecule has 1 heterocycles. The lowest BCUT2D eigenvalue weighted by molar-refractivity contribution is -0.136. The van der Waals surface area contributed by atoms with Crippen molar-refractivity contribution in [3.05, 3.63) is 87.6 Å². The fraction of sp³-hybridized carbons (Fsp3) is 0.269. The second kappa shape index (κ2) is 12.0. The van der Waals surface area contributed by atoms with E-state index in [0.29, 0.717) is 46.3 Å². The first kappa shape index (κ1) is 24.9. The maximum absolute atomic E-state index is 12.7. The number of hydrogen-bond donors (Lipinski definition) is 2. The molecule has 34 heavy (non-hydrogen) atoms. The van der Waals surface area contributed by atoms with Crippen molar-refractivity contribution in [1.82, 2.24) is 10.6 Å². The molecule has 3 rings (SSSR count). The molecule has 1 atom stereocenters. The van der Waals surface area contributed by atoms with E-state index in [1.54, 1.807) is 6.92 Å². The molecule has 176 valence electrons. The molecule has 0 bridgehead atoms. The van der Waals surface area contributed by atoms with Crippen LogP contribution in [0.4, 0.5) is 0 Å². The summed E-state index contributed by atoms with van der Waals surface area (Å²) in [5, 5.41) is 16.7. The van der Waals surface area contributed by atoms with Gasteiger partial charge in [-0.3, -0.25) is 4.79 Å². The number of hydrogen-bond acceptors (Lipinski definition) is 7. The number of allylic oxidation sites excluding steroid dienone is 2. The van der Waals surface area contributed by atoms with Gasteiger partial charge >= 0.3 is 5.97 Å². The number of amides is 1. The number of carbonyl (C=O) groups is 2. The van der Waals surface area contributed by atoms with Crippen LogP contribution in [0, 0.1) is 11.3 Å². The Bertz CT molecular complexity index is 1150. The van der Waals surface area contributed by atoms with Crippen molar-refractivity contribution in [2.24, 2.45) is 0 Å². The highest BCUT2D eigenvalue weighted by Gasteiger charge is 2.36. The fourth-order valence-electron chi connectivity index (χ4n) is 3.71. The topological polar surface area (TPSA) is 100 Å². The Morgan fingerprint density at radius 2 is 1.85 bits per heavy atom. The summed E-state index contributed by atoms with van der Waals surface area (Å²) in [6.45, 7) is 4.49. The molecule has 0 aliphatic carbocycles. The molecule has 8 heteroatoms. The van der Waals surface area contributed by atoms with Crippen molar-refractivity contribution in [2.75, 3.05) is 19.5 Å². The maximum Gasteiger partial charge on any atom is 0.336 e. The number of dihydropyridines is 1. The van der Waals surface area contributed by atoms with Gasteiger partial charge in [0.2, 0.25) is 5.91 Å². The Morgan fingerprint density at radius 3 is 2.53 bits per heavy atom.